The number of carboxylic acids is 1. The van der Waals surface area contributed by atoms with Crippen LogP contribution in [0, 0.1) is 0 Å². The number of hydrogen-bond donors (Lipinski definition) is 2. The Kier molecular flexibility index (Phi) is 5.99. The fraction of sp³-hybridized carbons (Fsp3) is 0.611. The SMILES string of the molecule is CCOCc1nc2c(c(NC3CC=CC3)n1)CCN(CC(=O)O)CC2. The molecule has 7 heteroatoms. The summed E-state index contributed by atoms with van der Waals surface area (Å²) in [6.45, 7) is 4.47. The Labute approximate surface area is 148 Å². The van der Waals surface area contributed by atoms with Gasteiger partial charge >= 0.3 is 5.97 Å². The van der Waals surface area contributed by atoms with Crippen LogP contribution < -0.4 is 5.32 Å². The summed E-state index contributed by atoms with van der Waals surface area (Å²) in [6.07, 6.45) is 7.89. The summed E-state index contributed by atoms with van der Waals surface area (Å²) in [6, 6.07) is 0.373. The van der Waals surface area contributed by atoms with Crippen LogP contribution in [0.3, 0.4) is 0 Å². The van der Waals surface area contributed by atoms with Gasteiger partial charge in [0.1, 0.15) is 12.4 Å². The molecule has 2 heterocycles. The summed E-state index contributed by atoms with van der Waals surface area (Å²) in [4.78, 5) is 22.4. The van der Waals surface area contributed by atoms with Gasteiger partial charge in [0.2, 0.25) is 0 Å². The van der Waals surface area contributed by atoms with E-state index >= 15 is 0 Å². The zero-order valence-electron chi connectivity index (χ0n) is 14.7. The molecule has 0 spiro atoms. The quantitative estimate of drug-likeness (QED) is 0.726. The van der Waals surface area contributed by atoms with Crippen molar-refractivity contribution in [1.82, 2.24) is 14.9 Å². The molecule has 0 saturated heterocycles. The fourth-order valence-corrected chi connectivity index (χ4v) is 3.35. The first kappa shape index (κ1) is 17.8. The van der Waals surface area contributed by atoms with Gasteiger partial charge in [-0.15, -0.1) is 0 Å². The molecule has 0 unspecified atom stereocenters. The third-order valence-corrected chi connectivity index (χ3v) is 4.62. The maximum Gasteiger partial charge on any atom is 0.317 e. The highest BCUT2D eigenvalue weighted by atomic mass is 16.5. The van der Waals surface area contributed by atoms with Gasteiger partial charge in [0.15, 0.2) is 5.82 Å². The van der Waals surface area contributed by atoms with E-state index in [1.807, 2.05) is 11.8 Å². The van der Waals surface area contributed by atoms with E-state index in [2.05, 4.69) is 17.5 Å². The van der Waals surface area contributed by atoms with E-state index in [1.165, 1.54) is 0 Å². The number of nitrogens with one attached hydrogen (secondary N) is 1. The Hall–Kier alpha value is -1.99. The van der Waals surface area contributed by atoms with Crippen LogP contribution in [-0.4, -0.2) is 58.2 Å². The standard InChI is InChI=1S/C18H26N4O3/c1-2-25-12-16-20-15-8-10-22(11-17(23)24)9-7-14(15)18(21-16)19-13-5-3-4-6-13/h3-4,13H,2,5-12H2,1H3,(H,23,24)(H,19,20,21). The van der Waals surface area contributed by atoms with Crippen LogP contribution in [0.1, 0.15) is 36.8 Å². The average Bonchev–Trinajstić information content (AvgIpc) is 3.00. The summed E-state index contributed by atoms with van der Waals surface area (Å²) in [5, 5.41) is 12.6. The van der Waals surface area contributed by atoms with Crippen LogP contribution in [0.4, 0.5) is 5.82 Å². The molecule has 1 aliphatic heterocycles. The normalized spacial score (nSPS) is 18.1. The Bertz CT molecular complexity index is 639. The number of aliphatic carboxylic acids is 1. The molecule has 0 atom stereocenters. The third-order valence-electron chi connectivity index (χ3n) is 4.62. The molecular weight excluding hydrogens is 320 g/mol. The minimum absolute atomic E-state index is 0.0720. The van der Waals surface area contributed by atoms with Gasteiger partial charge in [-0.25, -0.2) is 9.97 Å². The van der Waals surface area contributed by atoms with Gasteiger partial charge in [0.25, 0.3) is 0 Å². The Morgan fingerprint density at radius 3 is 2.80 bits per heavy atom. The summed E-state index contributed by atoms with van der Waals surface area (Å²) in [7, 11) is 0. The number of rotatable bonds is 7. The molecule has 1 aliphatic carbocycles. The maximum absolute atomic E-state index is 11.0. The first-order valence-corrected chi connectivity index (χ1v) is 8.97. The van der Waals surface area contributed by atoms with Gasteiger partial charge in [-0.05, 0) is 26.2 Å². The molecule has 1 aromatic rings. The Balaban J connectivity index is 1.82. The number of aromatic nitrogens is 2. The van der Waals surface area contributed by atoms with Crippen molar-refractivity contribution in [1.29, 1.82) is 0 Å². The van der Waals surface area contributed by atoms with Crippen LogP contribution in [0.25, 0.3) is 0 Å². The second kappa shape index (κ2) is 8.40. The molecule has 0 fully saturated rings. The first-order chi connectivity index (χ1) is 12.2. The summed E-state index contributed by atoms with van der Waals surface area (Å²) < 4.78 is 5.49. The maximum atomic E-state index is 11.0. The minimum atomic E-state index is -0.788. The highest BCUT2D eigenvalue weighted by Gasteiger charge is 2.23. The zero-order valence-corrected chi connectivity index (χ0v) is 14.7. The monoisotopic (exact) mass is 346 g/mol. The van der Waals surface area contributed by atoms with E-state index in [0.717, 1.165) is 42.8 Å². The van der Waals surface area contributed by atoms with Gasteiger partial charge in [-0.3, -0.25) is 9.69 Å². The summed E-state index contributed by atoms with van der Waals surface area (Å²) in [5.74, 6) is 0.802. The molecule has 25 heavy (non-hydrogen) atoms. The van der Waals surface area contributed by atoms with Crippen LogP contribution in [0.5, 0.6) is 0 Å². The smallest absolute Gasteiger partial charge is 0.317 e. The lowest BCUT2D eigenvalue weighted by atomic mass is 10.1. The van der Waals surface area contributed by atoms with Crippen molar-refractivity contribution >= 4 is 11.8 Å². The number of carboxylic acid groups (broad SMARTS) is 1. The number of hydrogen-bond acceptors (Lipinski definition) is 6. The third kappa shape index (κ3) is 4.76. The molecule has 0 saturated carbocycles. The van der Waals surface area contributed by atoms with Crippen LogP contribution in [0.15, 0.2) is 12.2 Å². The van der Waals surface area contributed by atoms with Gasteiger partial charge in [-0.2, -0.15) is 0 Å². The van der Waals surface area contributed by atoms with Crippen molar-refractivity contribution in [3.05, 3.63) is 29.2 Å². The minimum Gasteiger partial charge on any atom is -0.480 e. The highest BCUT2D eigenvalue weighted by molar-refractivity contribution is 5.69. The number of ether oxygens (including phenoxy) is 1. The second-order valence-corrected chi connectivity index (χ2v) is 6.50. The van der Waals surface area contributed by atoms with E-state index in [4.69, 9.17) is 19.8 Å². The predicted molar refractivity (Wildman–Crippen MR) is 94.6 cm³/mol. The predicted octanol–water partition coefficient (Wildman–Crippen LogP) is 1.63. The molecule has 0 amide bonds. The molecule has 0 radical (unpaired) electrons. The van der Waals surface area contributed by atoms with E-state index < -0.39 is 5.97 Å². The molecule has 1 aromatic heterocycles. The average molecular weight is 346 g/mol. The van der Waals surface area contributed by atoms with Crippen molar-refractivity contribution in [3.8, 4) is 0 Å². The van der Waals surface area contributed by atoms with Crippen LogP contribution in [-0.2, 0) is 29.0 Å². The molecular formula is C18H26N4O3. The second-order valence-electron chi connectivity index (χ2n) is 6.50. The lowest BCUT2D eigenvalue weighted by molar-refractivity contribution is -0.138. The van der Waals surface area contributed by atoms with Gasteiger partial charge < -0.3 is 15.2 Å². The molecule has 2 aliphatic rings. The number of nitrogens with zero attached hydrogens (tertiary/aromatic N) is 3. The molecule has 3 rings (SSSR count). The van der Waals surface area contributed by atoms with Crippen molar-refractivity contribution in [3.63, 3.8) is 0 Å². The lowest BCUT2D eigenvalue weighted by Crippen LogP contribution is -2.32. The molecule has 0 aromatic carbocycles. The molecule has 2 N–H and O–H groups in total. The van der Waals surface area contributed by atoms with Crippen molar-refractivity contribution in [2.45, 2.75) is 45.3 Å². The van der Waals surface area contributed by atoms with Gasteiger partial charge in [-0.1, -0.05) is 12.2 Å². The van der Waals surface area contributed by atoms with Crippen molar-refractivity contribution < 1.29 is 14.6 Å². The van der Waals surface area contributed by atoms with Gasteiger partial charge in [0, 0.05) is 37.7 Å². The fourth-order valence-electron chi connectivity index (χ4n) is 3.35. The Morgan fingerprint density at radius 1 is 1.32 bits per heavy atom. The summed E-state index contributed by atoms with van der Waals surface area (Å²) >= 11 is 0. The largest absolute Gasteiger partial charge is 0.480 e. The topological polar surface area (TPSA) is 87.6 Å². The molecule has 136 valence electrons. The zero-order chi connectivity index (χ0) is 17.6. The van der Waals surface area contributed by atoms with Crippen molar-refractivity contribution in [2.75, 3.05) is 31.6 Å². The molecule has 0 bridgehead atoms. The van der Waals surface area contributed by atoms with Crippen LogP contribution in [0.2, 0.25) is 0 Å². The molecule has 7 nitrogen and oxygen atoms in total. The van der Waals surface area contributed by atoms with E-state index in [1.54, 1.807) is 0 Å². The van der Waals surface area contributed by atoms with E-state index in [0.29, 0.717) is 38.2 Å². The number of fused-ring (bicyclic) bond motifs is 1. The summed E-state index contributed by atoms with van der Waals surface area (Å²) in [5.41, 5.74) is 2.14. The Morgan fingerprint density at radius 2 is 2.08 bits per heavy atom. The number of carbonyl (C=O) groups is 1. The number of anilines is 1. The lowest BCUT2D eigenvalue weighted by Gasteiger charge is -2.19. The van der Waals surface area contributed by atoms with E-state index in [9.17, 15) is 4.79 Å². The highest BCUT2D eigenvalue weighted by Crippen LogP contribution is 2.25. The van der Waals surface area contributed by atoms with Crippen molar-refractivity contribution in [2.24, 2.45) is 0 Å². The van der Waals surface area contributed by atoms with Gasteiger partial charge in [0.05, 0.1) is 12.2 Å². The van der Waals surface area contributed by atoms with Crippen LogP contribution >= 0.6 is 0 Å². The van der Waals surface area contributed by atoms with E-state index in [-0.39, 0.29) is 6.54 Å². The first-order valence-electron chi connectivity index (χ1n) is 8.97.